The Labute approximate surface area is 261 Å². The predicted molar refractivity (Wildman–Crippen MR) is 169 cm³/mol. The van der Waals surface area contributed by atoms with Crippen molar-refractivity contribution in [2.45, 2.75) is 0 Å². The van der Waals surface area contributed by atoms with E-state index in [4.69, 9.17) is 34.3 Å². The molecule has 0 bridgehead atoms. The van der Waals surface area contributed by atoms with E-state index in [9.17, 15) is 9.59 Å². The second-order valence-electron chi connectivity index (χ2n) is 5.48. The van der Waals surface area contributed by atoms with E-state index in [-0.39, 0.29) is 29.7 Å². The normalized spacial score (nSPS) is 11.1. The molecule has 0 fully saturated rings. The van der Waals surface area contributed by atoms with Crippen LogP contribution in [-0.4, -0.2) is 110 Å². The SMILES string of the molecule is O=C(NCSCSCN=COOCSCSCOC(=O)NCSCSCN=COOCSCO)OCSCO. The highest BCUT2D eigenvalue weighted by atomic mass is 32.2. The molecule has 0 unspecified atom stereocenters. The van der Waals surface area contributed by atoms with Crippen molar-refractivity contribution < 1.29 is 48.8 Å². The van der Waals surface area contributed by atoms with Crippen molar-refractivity contribution in [1.82, 2.24) is 10.6 Å². The van der Waals surface area contributed by atoms with E-state index in [1.165, 1.54) is 71.6 Å². The summed E-state index contributed by atoms with van der Waals surface area (Å²) in [6.45, 7) is 0. The first kappa shape index (κ1) is 39.1. The summed E-state index contributed by atoms with van der Waals surface area (Å²) in [5.41, 5.74) is 0. The third kappa shape index (κ3) is 34.2. The third-order valence-corrected chi connectivity index (χ3v) is 9.65. The first-order valence-corrected chi connectivity index (χ1v) is 19.6. The number of rotatable bonds is 28. The van der Waals surface area contributed by atoms with E-state index in [2.05, 4.69) is 25.5 Å². The van der Waals surface area contributed by atoms with Crippen LogP contribution in [0.1, 0.15) is 0 Å². The van der Waals surface area contributed by atoms with Crippen LogP contribution in [0.25, 0.3) is 0 Å². The molecule has 2 amide bonds. The summed E-state index contributed by atoms with van der Waals surface area (Å²) in [6.07, 6.45) is 1.43. The van der Waals surface area contributed by atoms with E-state index in [0.29, 0.717) is 34.5 Å². The molecule has 0 rings (SSSR count). The maximum absolute atomic E-state index is 11.6. The number of alkyl carbamates (subject to hydrolysis) is 2. The van der Waals surface area contributed by atoms with E-state index >= 15 is 0 Å². The van der Waals surface area contributed by atoms with Gasteiger partial charge in [-0.2, -0.15) is 9.78 Å². The number of thioether (sulfide) groups is 8. The zero-order chi connectivity index (χ0) is 28.5. The van der Waals surface area contributed by atoms with Gasteiger partial charge in [0.25, 0.3) is 0 Å². The van der Waals surface area contributed by atoms with Crippen LogP contribution in [0.4, 0.5) is 9.59 Å². The molecule has 228 valence electrons. The molecule has 0 saturated carbocycles. The summed E-state index contributed by atoms with van der Waals surface area (Å²) in [5.74, 6) is 2.57. The second-order valence-corrected chi connectivity index (χ2v) is 14.1. The molecule has 0 aromatic heterocycles. The van der Waals surface area contributed by atoms with Crippen LogP contribution in [-0.2, 0) is 29.0 Å². The average molecular weight is 709 g/mol. The molecule has 14 nitrogen and oxygen atoms in total. The van der Waals surface area contributed by atoms with Gasteiger partial charge in [-0.25, -0.2) is 19.6 Å². The number of aliphatic hydroxyl groups is 2. The minimum absolute atomic E-state index is 0.0324. The summed E-state index contributed by atoms with van der Waals surface area (Å²) in [5, 5.41) is 24.4. The highest BCUT2D eigenvalue weighted by Gasteiger charge is 2.02. The Kier molecular flexibility index (Phi) is 34.4. The summed E-state index contributed by atoms with van der Waals surface area (Å²) in [6, 6.07) is 0. The fraction of sp³-hybridized carbons (Fsp3) is 0.765. The van der Waals surface area contributed by atoms with E-state index < -0.39 is 12.2 Å². The number of nitrogens with zero attached hydrogens (tertiary/aromatic N) is 2. The summed E-state index contributed by atoms with van der Waals surface area (Å²) >= 11 is 11.3. The van der Waals surface area contributed by atoms with Gasteiger partial charge in [0.1, 0.15) is 23.8 Å². The lowest BCUT2D eigenvalue weighted by Crippen LogP contribution is -2.23. The van der Waals surface area contributed by atoms with Crippen molar-refractivity contribution in [3.8, 4) is 0 Å². The molecule has 39 heavy (non-hydrogen) atoms. The van der Waals surface area contributed by atoms with Gasteiger partial charge in [0.15, 0.2) is 0 Å². The van der Waals surface area contributed by atoms with Gasteiger partial charge in [-0.05, 0) is 0 Å². The highest BCUT2D eigenvalue weighted by molar-refractivity contribution is 8.16. The predicted octanol–water partition coefficient (Wildman–Crippen LogP) is 3.69. The molecule has 0 aliphatic rings. The molecule has 0 heterocycles. The van der Waals surface area contributed by atoms with E-state index in [0.717, 1.165) is 21.9 Å². The van der Waals surface area contributed by atoms with Crippen molar-refractivity contribution in [2.24, 2.45) is 9.98 Å². The van der Waals surface area contributed by atoms with E-state index in [1.807, 2.05) is 0 Å². The van der Waals surface area contributed by atoms with Crippen LogP contribution in [0.2, 0.25) is 0 Å². The minimum atomic E-state index is -0.517. The van der Waals surface area contributed by atoms with Crippen LogP contribution in [0.15, 0.2) is 9.98 Å². The quantitative estimate of drug-likeness (QED) is 0.0231. The zero-order valence-corrected chi connectivity index (χ0v) is 27.2. The first-order chi connectivity index (χ1) is 19.2. The standard InChI is InChI=1S/C17H32N4O10S8/c22-7-36-9-26-16(24)20-5-34-13-33-4-19-2-29-31-12-39-15-38-10-27-17(25)21-6-35-14-32-3-18-1-28-30-11-37-8-23/h1-2,22-23H,3-15H2,(H,20,24)(H,21,25). The molecule has 0 radical (unpaired) electrons. The molecule has 0 saturated heterocycles. The zero-order valence-electron chi connectivity index (χ0n) is 20.7. The first-order valence-electron chi connectivity index (χ1n) is 10.4. The Balaban J connectivity index is 3.28. The lowest BCUT2D eigenvalue weighted by Gasteiger charge is -2.06. The molecule has 0 spiro atoms. The largest absolute Gasteiger partial charge is 0.438 e. The molecule has 0 aromatic carbocycles. The van der Waals surface area contributed by atoms with Gasteiger partial charge in [-0.3, -0.25) is 0 Å². The Morgan fingerprint density at radius 3 is 1.59 bits per heavy atom. The van der Waals surface area contributed by atoms with E-state index in [1.54, 1.807) is 23.5 Å². The van der Waals surface area contributed by atoms with Gasteiger partial charge in [0.05, 0.1) is 35.4 Å². The fourth-order valence-corrected chi connectivity index (χ4v) is 6.17. The highest BCUT2D eigenvalue weighted by Crippen LogP contribution is 2.13. The smallest absolute Gasteiger partial charge is 0.408 e. The maximum atomic E-state index is 11.6. The Hall–Kier alpha value is 0.120. The average Bonchev–Trinajstić information content (AvgIpc) is 2.93. The number of carbonyl (C=O) groups is 2. The minimum Gasteiger partial charge on any atom is -0.438 e. The van der Waals surface area contributed by atoms with Gasteiger partial charge >= 0.3 is 12.2 Å². The van der Waals surface area contributed by atoms with Gasteiger partial charge in [-0.15, -0.1) is 82.3 Å². The summed E-state index contributed by atoms with van der Waals surface area (Å²) < 4.78 is 9.85. The van der Waals surface area contributed by atoms with Crippen molar-refractivity contribution in [1.29, 1.82) is 0 Å². The second kappa shape index (κ2) is 34.3. The molecule has 0 aromatic rings. The van der Waals surface area contributed by atoms with Crippen LogP contribution in [0.5, 0.6) is 0 Å². The number of carbonyl (C=O) groups excluding carboxylic acids is 2. The van der Waals surface area contributed by atoms with Gasteiger partial charge in [-0.1, -0.05) is 11.8 Å². The third-order valence-electron chi connectivity index (χ3n) is 2.83. The van der Waals surface area contributed by atoms with Crippen molar-refractivity contribution in [2.75, 3.05) is 74.4 Å². The number of amides is 2. The molecular weight excluding hydrogens is 677 g/mol. The Morgan fingerprint density at radius 2 is 1.05 bits per heavy atom. The number of aliphatic hydroxyl groups excluding tert-OH is 2. The van der Waals surface area contributed by atoms with Gasteiger partial charge < -0.3 is 40.1 Å². The molecule has 4 N–H and O–H groups in total. The molecular formula is C17H32N4O10S8. The number of nitrogens with one attached hydrogen (secondary N) is 2. The van der Waals surface area contributed by atoms with Crippen molar-refractivity contribution >= 4 is 119 Å². The van der Waals surface area contributed by atoms with Crippen LogP contribution in [0.3, 0.4) is 0 Å². The lowest BCUT2D eigenvalue weighted by molar-refractivity contribution is -0.196. The molecule has 22 heteroatoms. The van der Waals surface area contributed by atoms with Gasteiger partial charge in [0.2, 0.25) is 12.8 Å². The molecule has 0 atom stereocenters. The fourth-order valence-electron chi connectivity index (χ4n) is 1.40. The Bertz CT molecular complexity index is 634. The van der Waals surface area contributed by atoms with Crippen molar-refractivity contribution in [3.05, 3.63) is 0 Å². The lowest BCUT2D eigenvalue weighted by atomic mass is 11.1. The van der Waals surface area contributed by atoms with Crippen LogP contribution >= 0.6 is 94.1 Å². The number of hydrogen-bond acceptors (Lipinski definition) is 20. The summed E-state index contributed by atoms with van der Waals surface area (Å²) in [4.78, 5) is 50.0. The summed E-state index contributed by atoms with van der Waals surface area (Å²) in [7, 11) is 0. The number of ether oxygens (including phenoxy) is 2. The maximum Gasteiger partial charge on any atom is 0.408 e. The topological polar surface area (TPSA) is 179 Å². The van der Waals surface area contributed by atoms with Crippen molar-refractivity contribution in [3.63, 3.8) is 0 Å². The Morgan fingerprint density at radius 1 is 0.615 bits per heavy atom. The van der Waals surface area contributed by atoms with Crippen LogP contribution < -0.4 is 10.6 Å². The molecule has 0 aliphatic carbocycles. The molecule has 0 aliphatic heterocycles. The van der Waals surface area contributed by atoms with Gasteiger partial charge in [0, 0.05) is 15.3 Å². The van der Waals surface area contributed by atoms with Crippen LogP contribution in [0, 0.1) is 0 Å². The number of aliphatic imine (C=N–C) groups is 2. The number of hydrogen-bond donors (Lipinski definition) is 4. The monoisotopic (exact) mass is 708 g/mol.